The van der Waals surface area contributed by atoms with E-state index in [2.05, 4.69) is 55.7 Å². The van der Waals surface area contributed by atoms with E-state index in [1.54, 1.807) is 6.26 Å². The third kappa shape index (κ3) is 4.95. The maximum Gasteiger partial charge on any atom is 0.222 e. The minimum Gasteiger partial charge on any atom is -0.467 e. The summed E-state index contributed by atoms with van der Waals surface area (Å²) in [4.78, 5) is 11.7. The highest BCUT2D eigenvalue weighted by molar-refractivity contribution is 5.76. The average Bonchev–Trinajstić information content (AvgIpc) is 2.98. The SMILES string of the molecule is CC(C)(C)c1ccc(NCCC(=O)NCc2ccco2)cc1. The molecular weight excluding hydrogens is 276 g/mol. The second kappa shape index (κ2) is 7.16. The van der Waals surface area contributed by atoms with Crippen LogP contribution in [0.1, 0.15) is 38.5 Å². The number of carbonyl (C=O) groups is 1. The quantitative estimate of drug-likeness (QED) is 0.855. The first-order chi connectivity index (χ1) is 10.4. The van der Waals surface area contributed by atoms with Crippen molar-refractivity contribution in [2.24, 2.45) is 0 Å². The molecule has 1 aromatic heterocycles. The normalized spacial score (nSPS) is 11.2. The molecule has 118 valence electrons. The van der Waals surface area contributed by atoms with E-state index in [0.29, 0.717) is 19.5 Å². The van der Waals surface area contributed by atoms with Crippen LogP contribution in [0.5, 0.6) is 0 Å². The van der Waals surface area contributed by atoms with E-state index in [4.69, 9.17) is 4.42 Å². The molecule has 0 radical (unpaired) electrons. The van der Waals surface area contributed by atoms with Gasteiger partial charge in [-0.05, 0) is 35.2 Å². The summed E-state index contributed by atoms with van der Waals surface area (Å²) in [6.07, 6.45) is 2.03. The number of hydrogen-bond acceptors (Lipinski definition) is 3. The molecule has 2 N–H and O–H groups in total. The first kappa shape index (κ1) is 16.1. The number of benzene rings is 1. The van der Waals surface area contributed by atoms with Crippen LogP contribution in [0.25, 0.3) is 0 Å². The first-order valence-corrected chi connectivity index (χ1v) is 7.58. The predicted molar refractivity (Wildman–Crippen MR) is 88.8 cm³/mol. The van der Waals surface area contributed by atoms with Crippen LogP contribution in [0, 0.1) is 0 Å². The van der Waals surface area contributed by atoms with Crippen molar-refractivity contribution in [3.63, 3.8) is 0 Å². The Balaban J connectivity index is 1.70. The highest BCUT2D eigenvalue weighted by atomic mass is 16.3. The lowest BCUT2D eigenvalue weighted by Crippen LogP contribution is -2.24. The number of carbonyl (C=O) groups excluding carboxylic acids is 1. The minimum absolute atomic E-state index is 0.00946. The zero-order valence-corrected chi connectivity index (χ0v) is 13.5. The second-order valence-electron chi connectivity index (χ2n) is 6.36. The largest absolute Gasteiger partial charge is 0.467 e. The fraction of sp³-hybridized carbons (Fsp3) is 0.389. The predicted octanol–water partition coefficient (Wildman–Crippen LogP) is 3.70. The summed E-state index contributed by atoms with van der Waals surface area (Å²) >= 11 is 0. The van der Waals surface area contributed by atoms with Gasteiger partial charge in [0.15, 0.2) is 0 Å². The van der Waals surface area contributed by atoms with Gasteiger partial charge in [-0.3, -0.25) is 4.79 Å². The van der Waals surface area contributed by atoms with Crippen molar-refractivity contribution in [3.05, 3.63) is 54.0 Å². The Labute approximate surface area is 131 Å². The zero-order valence-electron chi connectivity index (χ0n) is 13.5. The molecule has 0 spiro atoms. The van der Waals surface area contributed by atoms with E-state index in [9.17, 15) is 4.79 Å². The Morgan fingerprint density at radius 2 is 1.86 bits per heavy atom. The molecule has 0 aliphatic carbocycles. The summed E-state index contributed by atoms with van der Waals surface area (Å²) in [5, 5.41) is 6.09. The fourth-order valence-corrected chi connectivity index (χ4v) is 2.10. The molecule has 0 bridgehead atoms. The van der Waals surface area contributed by atoms with Crippen LogP contribution < -0.4 is 10.6 Å². The molecule has 4 nitrogen and oxygen atoms in total. The Morgan fingerprint density at radius 1 is 1.14 bits per heavy atom. The first-order valence-electron chi connectivity index (χ1n) is 7.58. The molecule has 2 aromatic rings. The van der Waals surface area contributed by atoms with Crippen molar-refractivity contribution in [1.82, 2.24) is 5.32 Å². The van der Waals surface area contributed by atoms with Crippen LogP contribution in [0.3, 0.4) is 0 Å². The maximum atomic E-state index is 11.7. The summed E-state index contributed by atoms with van der Waals surface area (Å²) in [5.41, 5.74) is 2.49. The third-order valence-corrected chi connectivity index (χ3v) is 3.47. The number of amides is 1. The number of hydrogen-bond donors (Lipinski definition) is 2. The summed E-state index contributed by atoms with van der Waals surface area (Å²) < 4.78 is 5.17. The molecule has 1 heterocycles. The van der Waals surface area contributed by atoms with E-state index in [-0.39, 0.29) is 11.3 Å². The van der Waals surface area contributed by atoms with E-state index in [1.807, 2.05) is 12.1 Å². The lowest BCUT2D eigenvalue weighted by atomic mass is 9.87. The molecule has 0 atom stereocenters. The molecule has 0 aliphatic heterocycles. The van der Waals surface area contributed by atoms with Gasteiger partial charge in [0.25, 0.3) is 0 Å². The number of nitrogens with one attached hydrogen (secondary N) is 2. The lowest BCUT2D eigenvalue weighted by Gasteiger charge is -2.19. The molecule has 2 rings (SSSR count). The molecule has 22 heavy (non-hydrogen) atoms. The molecule has 0 saturated heterocycles. The monoisotopic (exact) mass is 300 g/mol. The Morgan fingerprint density at radius 3 is 2.45 bits per heavy atom. The highest BCUT2D eigenvalue weighted by Crippen LogP contribution is 2.23. The Kier molecular flexibility index (Phi) is 5.26. The molecule has 0 unspecified atom stereocenters. The topological polar surface area (TPSA) is 54.3 Å². The summed E-state index contributed by atoms with van der Waals surface area (Å²) in [6.45, 7) is 7.63. The molecular formula is C18H24N2O2. The molecule has 1 amide bonds. The van der Waals surface area contributed by atoms with E-state index in [1.165, 1.54) is 5.56 Å². The fourth-order valence-electron chi connectivity index (χ4n) is 2.10. The van der Waals surface area contributed by atoms with Gasteiger partial charge in [0.2, 0.25) is 5.91 Å². The van der Waals surface area contributed by atoms with Gasteiger partial charge < -0.3 is 15.1 Å². The van der Waals surface area contributed by atoms with Gasteiger partial charge in [0, 0.05) is 18.7 Å². The summed E-state index contributed by atoms with van der Waals surface area (Å²) in [6, 6.07) is 12.0. The zero-order chi connectivity index (χ0) is 16.0. The van der Waals surface area contributed by atoms with Gasteiger partial charge in [-0.1, -0.05) is 32.9 Å². The maximum absolute atomic E-state index is 11.7. The van der Waals surface area contributed by atoms with Crippen molar-refractivity contribution in [2.75, 3.05) is 11.9 Å². The van der Waals surface area contributed by atoms with Gasteiger partial charge in [-0.15, -0.1) is 0 Å². The van der Waals surface area contributed by atoms with Crippen LogP contribution >= 0.6 is 0 Å². The van der Waals surface area contributed by atoms with E-state index >= 15 is 0 Å². The van der Waals surface area contributed by atoms with Gasteiger partial charge in [0.05, 0.1) is 12.8 Å². The van der Waals surface area contributed by atoms with Crippen molar-refractivity contribution in [3.8, 4) is 0 Å². The average molecular weight is 300 g/mol. The van der Waals surface area contributed by atoms with Crippen LogP contribution in [0.4, 0.5) is 5.69 Å². The third-order valence-electron chi connectivity index (χ3n) is 3.47. The van der Waals surface area contributed by atoms with Gasteiger partial charge in [0.1, 0.15) is 5.76 Å². The van der Waals surface area contributed by atoms with E-state index in [0.717, 1.165) is 11.4 Å². The van der Waals surface area contributed by atoms with Crippen molar-refractivity contribution < 1.29 is 9.21 Å². The Hall–Kier alpha value is -2.23. The second-order valence-corrected chi connectivity index (χ2v) is 6.36. The molecule has 0 fully saturated rings. The van der Waals surface area contributed by atoms with Crippen LogP contribution in [0.2, 0.25) is 0 Å². The van der Waals surface area contributed by atoms with Gasteiger partial charge >= 0.3 is 0 Å². The highest BCUT2D eigenvalue weighted by Gasteiger charge is 2.12. The van der Waals surface area contributed by atoms with Crippen LogP contribution in [-0.4, -0.2) is 12.5 Å². The summed E-state index contributed by atoms with van der Waals surface area (Å²) in [7, 11) is 0. The number of furan rings is 1. The van der Waals surface area contributed by atoms with Gasteiger partial charge in [-0.2, -0.15) is 0 Å². The molecule has 0 aliphatic rings. The Bertz CT molecular complexity index is 581. The number of anilines is 1. The smallest absolute Gasteiger partial charge is 0.222 e. The van der Waals surface area contributed by atoms with Crippen LogP contribution in [0.15, 0.2) is 47.1 Å². The summed E-state index contributed by atoms with van der Waals surface area (Å²) in [5.74, 6) is 0.772. The molecule has 4 heteroatoms. The number of rotatable bonds is 6. The van der Waals surface area contributed by atoms with Crippen LogP contribution in [-0.2, 0) is 16.8 Å². The standard InChI is InChI=1S/C18H24N2O2/c1-18(2,3)14-6-8-15(9-7-14)19-11-10-17(21)20-13-16-5-4-12-22-16/h4-9,12,19H,10-11,13H2,1-3H3,(H,20,21). The molecule has 1 aromatic carbocycles. The van der Waals surface area contributed by atoms with Crippen molar-refractivity contribution in [2.45, 2.75) is 39.2 Å². The van der Waals surface area contributed by atoms with Gasteiger partial charge in [-0.25, -0.2) is 0 Å². The van der Waals surface area contributed by atoms with Crippen molar-refractivity contribution in [1.29, 1.82) is 0 Å². The minimum atomic E-state index is 0.00946. The van der Waals surface area contributed by atoms with Crippen molar-refractivity contribution >= 4 is 11.6 Å². The van der Waals surface area contributed by atoms with E-state index < -0.39 is 0 Å². The molecule has 0 saturated carbocycles. The lowest BCUT2D eigenvalue weighted by molar-refractivity contribution is -0.121.